The van der Waals surface area contributed by atoms with Gasteiger partial charge in [0.1, 0.15) is 0 Å². The molecule has 14 heavy (non-hydrogen) atoms. The molecule has 0 aliphatic carbocycles. The molecule has 0 aromatic heterocycles. The number of hydrogen-bond acceptors (Lipinski definition) is 2. The number of carbonyl (C=O) groups is 1. The van der Waals surface area contributed by atoms with Crippen LogP contribution in [0.25, 0.3) is 0 Å². The van der Waals surface area contributed by atoms with Crippen molar-refractivity contribution in [3.8, 4) is 0 Å². The fraction of sp³-hybridized carbons (Fsp3) is 0.364. The molecular formula is C11H13NO2. The summed E-state index contributed by atoms with van der Waals surface area (Å²) in [6, 6.07) is 7.63. The monoisotopic (exact) mass is 191 g/mol. The van der Waals surface area contributed by atoms with Gasteiger partial charge in [0, 0.05) is 18.5 Å². The molecule has 2 atom stereocenters. The summed E-state index contributed by atoms with van der Waals surface area (Å²) in [5, 5.41) is 12.2. The quantitative estimate of drug-likeness (QED) is 0.744. The van der Waals surface area contributed by atoms with Crippen molar-refractivity contribution in [2.45, 2.75) is 18.9 Å². The molecule has 2 N–H and O–H groups in total. The van der Waals surface area contributed by atoms with Gasteiger partial charge in [0.15, 0.2) is 0 Å². The van der Waals surface area contributed by atoms with Crippen LogP contribution in [0.3, 0.4) is 0 Å². The van der Waals surface area contributed by atoms with Gasteiger partial charge in [-0.2, -0.15) is 0 Å². The first-order chi connectivity index (χ1) is 6.70. The molecule has 3 heteroatoms. The van der Waals surface area contributed by atoms with Gasteiger partial charge < -0.3 is 10.4 Å². The Hall–Kier alpha value is -1.35. The topological polar surface area (TPSA) is 49.3 Å². The van der Waals surface area contributed by atoms with Gasteiger partial charge in [-0.3, -0.25) is 0 Å². The molecular weight excluding hydrogens is 178 g/mol. The minimum Gasteiger partial charge on any atom is -0.478 e. The van der Waals surface area contributed by atoms with E-state index in [1.807, 2.05) is 12.1 Å². The van der Waals surface area contributed by atoms with Crippen molar-refractivity contribution in [1.29, 1.82) is 0 Å². The lowest BCUT2D eigenvalue weighted by Crippen LogP contribution is -2.49. The smallest absolute Gasteiger partial charge is 0.335 e. The van der Waals surface area contributed by atoms with Crippen LogP contribution < -0.4 is 5.32 Å². The minimum atomic E-state index is -0.834. The van der Waals surface area contributed by atoms with Crippen LogP contribution >= 0.6 is 0 Å². The number of carboxylic acids is 1. The first-order valence-corrected chi connectivity index (χ1v) is 4.75. The molecule has 0 spiro atoms. The van der Waals surface area contributed by atoms with E-state index >= 15 is 0 Å². The highest BCUT2D eigenvalue weighted by Gasteiger charge is 2.30. The second-order valence-electron chi connectivity index (χ2n) is 3.70. The normalized spacial score (nSPS) is 25.5. The fourth-order valence-electron chi connectivity index (χ4n) is 1.87. The SMILES string of the molecule is CC1NCC1c1ccccc1C(=O)O. The van der Waals surface area contributed by atoms with E-state index in [1.54, 1.807) is 12.1 Å². The largest absolute Gasteiger partial charge is 0.478 e. The lowest BCUT2D eigenvalue weighted by atomic mass is 9.83. The first kappa shape index (κ1) is 9.21. The van der Waals surface area contributed by atoms with E-state index in [2.05, 4.69) is 12.2 Å². The highest BCUT2D eigenvalue weighted by atomic mass is 16.4. The molecule has 2 unspecified atom stereocenters. The third kappa shape index (κ3) is 1.40. The van der Waals surface area contributed by atoms with Crippen molar-refractivity contribution in [2.24, 2.45) is 0 Å². The zero-order valence-corrected chi connectivity index (χ0v) is 8.03. The van der Waals surface area contributed by atoms with Crippen LogP contribution in [0.5, 0.6) is 0 Å². The number of rotatable bonds is 2. The molecule has 0 bridgehead atoms. The summed E-state index contributed by atoms with van der Waals surface area (Å²) in [6.07, 6.45) is 0. The Morgan fingerprint density at radius 1 is 1.50 bits per heavy atom. The number of benzene rings is 1. The van der Waals surface area contributed by atoms with Crippen LogP contribution in [-0.2, 0) is 0 Å². The summed E-state index contributed by atoms with van der Waals surface area (Å²) in [4.78, 5) is 11.0. The van der Waals surface area contributed by atoms with Crippen molar-refractivity contribution in [3.63, 3.8) is 0 Å². The van der Waals surface area contributed by atoms with Crippen LogP contribution in [0.4, 0.5) is 0 Å². The predicted molar refractivity (Wildman–Crippen MR) is 53.6 cm³/mol. The third-order valence-corrected chi connectivity index (χ3v) is 2.85. The number of carboxylic acid groups (broad SMARTS) is 1. The fourth-order valence-corrected chi connectivity index (χ4v) is 1.87. The molecule has 1 saturated heterocycles. The van der Waals surface area contributed by atoms with Crippen molar-refractivity contribution in [2.75, 3.05) is 6.54 Å². The van der Waals surface area contributed by atoms with E-state index in [4.69, 9.17) is 5.11 Å². The number of nitrogens with one attached hydrogen (secondary N) is 1. The Morgan fingerprint density at radius 3 is 2.71 bits per heavy atom. The highest BCUT2D eigenvalue weighted by molar-refractivity contribution is 5.89. The lowest BCUT2D eigenvalue weighted by Gasteiger charge is -2.36. The zero-order valence-electron chi connectivity index (χ0n) is 8.03. The molecule has 1 aromatic rings. The van der Waals surface area contributed by atoms with Gasteiger partial charge in [-0.05, 0) is 18.6 Å². The summed E-state index contributed by atoms with van der Waals surface area (Å²) in [6.45, 7) is 2.96. The molecule has 1 heterocycles. The van der Waals surface area contributed by atoms with Gasteiger partial charge in [0.05, 0.1) is 5.56 Å². The summed E-state index contributed by atoms with van der Waals surface area (Å²) in [5.41, 5.74) is 1.39. The van der Waals surface area contributed by atoms with Gasteiger partial charge in [-0.25, -0.2) is 4.79 Å². The Kier molecular flexibility index (Phi) is 2.25. The van der Waals surface area contributed by atoms with Gasteiger partial charge in [-0.1, -0.05) is 18.2 Å². The molecule has 0 amide bonds. The number of aromatic carboxylic acids is 1. The van der Waals surface area contributed by atoms with Crippen LogP contribution in [-0.4, -0.2) is 23.7 Å². The van der Waals surface area contributed by atoms with E-state index in [0.717, 1.165) is 12.1 Å². The zero-order chi connectivity index (χ0) is 10.1. The summed E-state index contributed by atoms with van der Waals surface area (Å²) < 4.78 is 0. The first-order valence-electron chi connectivity index (χ1n) is 4.75. The molecule has 1 fully saturated rings. The Labute approximate surface area is 82.8 Å². The van der Waals surface area contributed by atoms with Crippen molar-refractivity contribution in [3.05, 3.63) is 35.4 Å². The molecule has 1 aliphatic heterocycles. The van der Waals surface area contributed by atoms with E-state index in [1.165, 1.54) is 0 Å². The Morgan fingerprint density at radius 2 is 2.21 bits per heavy atom. The van der Waals surface area contributed by atoms with E-state index in [0.29, 0.717) is 17.5 Å². The van der Waals surface area contributed by atoms with E-state index < -0.39 is 5.97 Å². The van der Waals surface area contributed by atoms with Crippen LogP contribution in [0.2, 0.25) is 0 Å². The molecule has 0 saturated carbocycles. The lowest BCUT2D eigenvalue weighted by molar-refractivity contribution is 0.0694. The van der Waals surface area contributed by atoms with E-state index in [9.17, 15) is 4.79 Å². The highest BCUT2D eigenvalue weighted by Crippen LogP contribution is 2.28. The Balaban J connectivity index is 2.36. The van der Waals surface area contributed by atoms with Crippen LogP contribution in [0.15, 0.2) is 24.3 Å². The van der Waals surface area contributed by atoms with Gasteiger partial charge in [0.25, 0.3) is 0 Å². The maximum atomic E-state index is 11.0. The summed E-state index contributed by atoms with van der Waals surface area (Å²) >= 11 is 0. The predicted octanol–water partition coefficient (Wildman–Crippen LogP) is 1.46. The maximum Gasteiger partial charge on any atom is 0.335 e. The van der Waals surface area contributed by atoms with E-state index in [-0.39, 0.29) is 0 Å². The minimum absolute atomic E-state index is 0.349. The van der Waals surface area contributed by atoms with Gasteiger partial charge in [-0.15, -0.1) is 0 Å². The van der Waals surface area contributed by atoms with Crippen molar-refractivity contribution >= 4 is 5.97 Å². The second-order valence-corrected chi connectivity index (χ2v) is 3.70. The molecule has 1 aliphatic rings. The Bertz CT molecular complexity index is 362. The van der Waals surface area contributed by atoms with Crippen LogP contribution in [0, 0.1) is 0 Å². The molecule has 74 valence electrons. The van der Waals surface area contributed by atoms with Crippen molar-refractivity contribution < 1.29 is 9.90 Å². The van der Waals surface area contributed by atoms with Crippen molar-refractivity contribution in [1.82, 2.24) is 5.32 Å². The molecule has 0 radical (unpaired) electrons. The summed E-state index contributed by atoms with van der Waals surface area (Å²) in [5.74, 6) is -0.484. The second kappa shape index (κ2) is 3.42. The standard InChI is InChI=1S/C11H13NO2/c1-7-10(6-12-7)8-4-2-3-5-9(8)11(13)14/h2-5,7,10,12H,6H2,1H3,(H,13,14). The van der Waals surface area contributed by atoms with Gasteiger partial charge >= 0.3 is 5.97 Å². The number of hydrogen-bond donors (Lipinski definition) is 2. The summed E-state index contributed by atoms with van der Waals surface area (Å²) in [7, 11) is 0. The average molecular weight is 191 g/mol. The molecule has 3 nitrogen and oxygen atoms in total. The van der Waals surface area contributed by atoms with Gasteiger partial charge in [0.2, 0.25) is 0 Å². The third-order valence-electron chi connectivity index (χ3n) is 2.85. The maximum absolute atomic E-state index is 11.0. The van der Waals surface area contributed by atoms with Crippen LogP contribution in [0.1, 0.15) is 28.8 Å². The molecule has 2 rings (SSSR count). The molecule has 1 aromatic carbocycles. The average Bonchev–Trinajstić information content (AvgIpc) is 2.16.